The number of nitriles is 1. The number of halogens is 1. The summed E-state index contributed by atoms with van der Waals surface area (Å²) < 4.78 is 5.39. The second kappa shape index (κ2) is 9.71. The molecule has 1 aromatic carbocycles. The molecule has 1 saturated heterocycles. The number of aliphatic hydroxyl groups is 2. The molecule has 148 valence electrons. The molecule has 1 atom stereocenters. The molecule has 0 saturated carbocycles. The van der Waals surface area contributed by atoms with Gasteiger partial charge >= 0.3 is 0 Å². The summed E-state index contributed by atoms with van der Waals surface area (Å²) in [6.07, 6.45) is 1.54. The van der Waals surface area contributed by atoms with Crippen LogP contribution in [0.2, 0.25) is 5.02 Å². The highest BCUT2D eigenvalue weighted by atomic mass is 35.5. The molecule has 1 unspecified atom stereocenters. The lowest BCUT2D eigenvalue weighted by molar-refractivity contribution is 0.114. The average molecular weight is 403 g/mol. The Hall–Kier alpha value is -2.37. The lowest BCUT2D eigenvalue weighted by Crippen LogP contribution is -2.48. The van der Waals surface area contributed by atoms with Gasteiger partial charge in [-0.2, -0.15) is 5.26 Å². The number of hydrogen-bond donors (Lipinski definition) is 2. The maximum Gasteiger partial charge on any atom is 0.121 e. The number of ether oxygens (including phenoxy) is 1. The summed E-state index contributed by atoms with van der Waals surface area (Å²) in [5.74, 6) is 0.633. The van der Waals surface area contributed by atoms with Gasteiger partial charge in [-0.1, -0.05) is 11.6 Å². The molecule has 0 spiro atoms. The van der Waals surface area contributed by atoms with Crippen LogP contribution < -0.4 is 9.64 Å². The van der Waals surface area contributed by atoms with Gasteiger partial charge in [0.15, 0.2) is 0 Å². The molecule has 2 heterocycles. The van der Waals surface area contributed by atoms with Crippen molar-refractivity contribution < 1.29 is 14.9 Å². The molecule has 1 aliphatic rings. The fraction of sp³-hybridized carbons (Fsp3) is 0.400. The maximum absolute atomic E-state index is 9.87. The van der Waals surface area contributed by atoms with Gasteiger partial charge in [-0.05, 0) is 24.3 Å². The fourth-order valence-electron chi connectivity index (χ4n) is 3.34. The zero-order valence-electron chi connectivity index (χ0n) is 15.5. The van der Waals surface area contributed by atoms with E-state index >= 15 is 0 Å². The van der Waals surface area contributed by atoms with Crippen LogP contribution in [0.15, 0.2) is 36.5 Å². The van der Waals surface area contributed by atoms with Gasteiger partial charge in [0.05, 0.1) is 41.2 Å². The van der Waals surface area contributed by atoms with E-state index < -0.39 is 0 Å². The van der Waals surface area contributed by atoms with Crippen molar-refractivity contribution in [3.63, 3.8) is 0 Å². The summed E-state index contributed by atoms with van der Waals surface area (Å²) in [6.45, 7) is 3.21. The minimum absolute atomic E-state index is 0.0312. The first-order valence-corrected chi connectivity index (χ1v) is 9.53. The van der Waals surface area contributed by atoms with Gasteiger partial charge in [-0.15, -0.1) is 0 Å². The van der Waals surface area contributed by atoms with Gasteiger partial charge in [0.1, 0.15) is 18.4 Å². The van der Waals surface area contributed by atoms with Crippen molar-refractivity contribution in [2.75, 3.05) is 50.9 Å². The first-order valence-electron chi connectivity index (χ1n) is 9.15. The van der Waals surface area contributed by atoms with Crippen molar-refractivity contribution >= 4 is 17.3 Å². The Morgan fingerprint density at radius 1 is 1.18 bits per heavy atom. The van der Waals surface area contributed by atoms with Crippen molar-refractivity contribution in [2.45, 2.75) is 6.04 Å². The number of benzene rings is 1. The Morgan fingerprint density at radius 3 is 2.54 bits per heavy atom. The van der Waals surface area contributed by atoms with E-state index in [9.17, 15) is 5.11 Å². The molecule has 0 radical (unpaired) electrons. The Kier molecular flexibility index (Phi) is 7.06. The highest BCUT2D eigenvalue weighted by Crippen LogP contribution is 2.31. The van der Waals surface area contributed by atoms with Gasteiger partial charge in [0.2, 0.25) is 0 Å². The topological polar surface area (TPSA) is 92.9 Å². The van der Waals surface area contributed by atoms with Gasteiger partial charge in [0, 0.05) is 38.4 Å². The molecule has 3 rings (SSSR count). The van der Waals surface area contributed by atoms with E-state index in [1.54, 1.807) is 18.2 Å². The number of aliphatic hydroxyl groups excluding tert-OH is 2. The molecule has 2 aromatic rings. The van der Waals surface area contributed by atoms with Crippen LogP contribution in [0.4, 0.5) is 5.69 Å². The van der Waals surface area contributed by atoms with E-state index in [1.807, 2.05) is 12.1 Å². The number of rotatable bonds is 7. The van der Waals surface area contributed by atoms with Gasteiger partial charge in [-0.25, -0.2) is 0 Å². The molecular weight excluding hydrogens is 380 g/mol. The fourth-order valence-corrected chi connectivity index (χ4v) is 3.63. The molecular formula is C20H23ClN4O3. The van der Waals surface area contributed by atoms with Crippen molar-refractivity contribution in [3.8, 4) is 11.8 Å². The summed E-state index contributed by atoms with van der Waals surface area (Å²) in [6, 6.07) is 10.9. The molecule has 0 amide bonds. The molecule has 2 N–H and O–H groups in total. The number of anilines is 1. The molecule has 1 aliphatic heterocycles. The van der Waals surface area contributed by atoms with Gasteiger partial charge in [-0.3, -0.25) is 9.88 Å². The van der Waals surface area contributed by atoms with E-state index in [1.165, 1.54) is 6.20 Å². The predicted octanol–water partition coefficient (Wildman–Crippen LogP) is 1.83. The van der Waals surface area contributed by atoms with Crippen LogP contribution in [0.25, 0.3) is 0 Å². The molecule has 28 heavy (non-hydrogen) atoms. The minimum Gasteiger partial charge on any atom is -0.491 e. The molecule has 0 bridgehead atoms. The van der Waals surface area contributed by atoms with E-state index in [4.69, 9.17) is 26.7 Å². The third kappa shape index (κ3) is 4.72. The average Bonchev–Trinajstić information content (AvgIpc) is 2.74. The van der Waals surface area contributed by atoms with E-state index in [2.05, 4.69) is 20.9 Å². The monoisotopic (exact) mass is 402 g/mol. The second-order valence-corrected chi connectivity index (χ2v) is 6.90. The number of nitrogens with zero attached hydrogens (tertiary/aromatic N) is 4. The normalized spacial score (nSPS) is 15.9. The Bertz CT molecular complexity index is 817. The molecule has 8 heteroatoms. The van der Waals surface area contributed by atoms with Gasteiger partial charge in [0.25, 0.3) is 0 Å². The number of hydrogen-bond acceptors (Lipinski definition) is 7. The van der Waals surface area contributed by atoms with Crippen molar-refractivity contribution in [1.29, 1.82) is 5.26 Å². The van der Waals surface area contributed by atoms with Crippen molar-refractivity contribution in [3.05, 3.63) is 52.8 Å². The smallest absolute Gasteiger partial charge is 0.121 e. The van der Waals surface area contributed by atoms with Crippen LogP contribution >= 0.6 is 11.6 Å². The van der Waals surface area contributed by atoms with E-state index in [0.717, 1.165) is 37.6 Å². The van der Waals surface area contributed by atoms with Crippen molar-refractivity contribution in [2.24, 2.45) is 0 Å². The summed E-state index contributed by atoms with van der Waals surface area (Å²) >= 11 is 6.42. The third-order valence-corrected chi connectivity index (χ3v) is 5.11. The van der Waals surface area contributed by atoms with Gasteiger partial charge < -0.3 is 19.8 Å². The largest absolute Gasteiger partial charge is 0.491 e. The Morgan fingerprint density at radius 2 is 1.96 bits per heavy atom. The second-order valence-electron chi connectivity index (χ2n) is 6.49. The highest BCUT2D eigenvalue weighted by molar-refractivity contribution is 6.33. The number of aromatic nitrogens is 1. The van der Waals surface area contributed by atoms with Crippen LogP contribution in [0.5, 0.6) is 5.75 Å². The Labute approximate surface area is 169 Å². The summed E-state index contributed by atoms with van der Waals surface area (Å²) in [5, 5.41) is 28.2. The molecule has 7 nitrogen and oxygen atoms in total. The van der Waals surface area contributed by atoms with E-state index in [0.29, 0.717) is 16.3 Å². The van der Waals surface area contributed by atoms with Crippen molar-refractivity contribution in [1.82, 2.24) is 9.88 Å². The zero-order valence-corrected chi connectivity index (χ0v) is 16.2. The van der Waals surface area contributed by atoms with E-state index in [-0.39, 0.29) is 25.9 Å². The van der Waals surface area contributed by atoms with Crippen LogP contribution in [0.3, 0.4) is 0 Å². The van der Waals surface area contributed by atoms with Crippen LogP contribution in [0, 0.1) is 11.3 Å². The highest BCUT2D eigenvalue weighted by Gasteiger charge is 2.26. The first-order chi connectivity index (χ1) is 13.7. The van der Waals surface area contributed by atoms with Crippen LogP contribution in [0.1, 0.15) is 17.3 Å². The standard InChI is InChI=1S/C20H23ClN4O3/c21-17-11-16(28-10-9-26)2-4-19(17)24-5-7-25(8-6-24)20(14-27)18-3-1-15(12-22)13-23-18/h1-4,11,13,20,26-27H,5-10,14H2. The predicted molar refractivity (Wildman–Crippen MR) is 107 cm³/mol. The first kappa shape index (κ1) is 20.4. The quantitative estimate of drug-likeness (QED) is 0.729. The summed E-state index contributed by atoms with van der Waals surface area (Å²) in [4.78, 5) is 8.73. The lowest BCUT2D eigenvalue weighted by atomic mass is 10.1. The SMILES string of the molecule is N#Cc1ccc(C(CO)N2CCN(c3ccc(OCCO)cc3Cl)CC2)nc1. The maximum atomic E-state index is 9.87. The molecule has 1 aromatic heterocycles. The Balaban J connectivity index is 1.63. The van der Waals surface area contributed by atoms with Crippen LogP contribution in [-0.2, 0) is 0 Å². The zero-order chi connectivity index (χ0) is 19.9. The lowest BCUT2D eigenvalue weighted by Gasteiger charge is -2.39. The number of piperazine rings is 1. The van der Waals surface area contributed by atoms with Crippen LogP contribution in [-0.4, -0.2) is 66.1 Å². The third-order valence-electron chi connectivity index (χ3n) is 4.80. The minimum atomic E-state index is -0.195. The molecule has 0 aliphatic carbocycles. The number of pyridine rings is 1. The summed E-state index contributed by atoms with van der Waals surface area (Å²) in [5.41, 5.74) is 2.21. The summed E-state index contributed by atoms with van der Waals surface area (Å²) in [7, 11) is 0. The molecule has 1 fully saturated rings.